The maximum Gasteiger partial charge on any atom is 0.416 e. The number of pyridine rings is 1. The van der Waals surface area contributed by atoms with Crippen LogP contribution in [0.4, 0.5) is 29.1 Å². The van der Waals surface area contributed by atoms with E-state index in [-0.39, 0.29) is 11.9 Å². The van der Waals surface area contributed by atoms with Gasteiger partial charge in [-0.3, -0.25) is 0 Å². The zero-order valence-electron chi connectivity index (χ0n) is 18.7. The number of nitrogens with zero attached hydrogens (tertiary/aromatic N) is 3. The molecule has 5 nitrogen and oxygen atoms in total. The van der Waals surface area contributed by atoms with Gasteiger partial charge in [0.15, 0.2) is 0 Å². The summed E-state index contributed by atoms with van der Waals surface area (Å²) in [6, 6.07) is 15.0. The molecule has 1 aliphatic heterocycles. The van der Waals surface area contributed by atoms with Crippen molar-refractivity contribution in [1.82, 2.24) is 19.9 Å². The Hall–Kier alpha value is -3.72. The molecule has 3 heterocycles. The number of anilines is 2. The van der Waals surface area contributed by atoms with Crippen molar-refractivity contribution in [1.29, 1.82) is 0 Å². The molecule has 2 aromatic carbocycles. The van der Waals surface area contributed by atoms with Gasteiger partial charge in [-0.25, -0.2) is 14.4 Å². The van der Waals surface area contributed by atoms with Gasteiger partial charge in [0.2, 0.25) is 0 Å². The van der Waals surface area contributed by atoms with Gasteiger partial charge in [-0.2, -0.15) is 13.2 Å². The number of halogens is 4. The quantitative estimate of drug-likeness (QED) is 0.322. The zero-order chi connectivity index (χ0) is 24.4. The maximum absolute atomic E-state index is 13.6. The van der Waals surface area contributed by atoms with Crippen molar-refractivity contribution < 1.29 is 17.6 Å². The fourth-order valence-corrected chi connectivity index (χ4v) is 4.36. The van der Waals surface area contributed by atoms with Crippen LogP contribution < -0.4 is 10.6 Å². The predicted octanol–water partition coefficient (Wildman–Crippen LogP) is 6.44. The van der Waals surface area contributed by atoms with Crippen molar-refractivity contribution in [2.24, 2.45) is 0 Å². The first-order chi connectivity index (χ1) is 16.9. The standard InChI is InChI=1S/C26H23F4N5/c27-20-5-1-17(2-6-20)24-25(35(16-33-24)22-10-12-31-13-11-22)18-9-14-32-23(15-18)34-21-7-3-19(4-8-21)26(28,29)30/h1-9,14-16,22,31H,10-13H2,(H,32,34). The van der Waals surface area contributed by atoms with E-state index in [0.29, 0.717) is 11.5 Å². The zero-order valence-corrected chi connectivity index (χ0v) is 18.7. The number of hydrogen-bond acceptors (Lipinski definition) is 4. The molecular weight excluding hydrogens is 458 g/mol. The van der Waals surface area contributed by atoms with Crippen LogP contribution in [-0.2, 0) is 6.18 Å². The molecule has 1 aliphatic rings. The molecule has 1 saturated heterocycles. The van der Waals surface area contributed by atoms with E-state index in [1.165, 1.54) is 24.3 Å². The van der Waals surface area contributed by atoms with Crippen LogP contribution in [-0.4, -0.2) is 27.6 Å². The van der Waals surface area contributed by atoms with Crippen molar-refractivity contribution in [3.8, 4) is 22.5 Å². The number of hydrogen-bond donors (Lipinski definition) is 2. The van der Waals surface area contributed by atoms with Crippen LogP contribution in [0.3, 0.4) is 0 Å². The Morgan fingerprint density at radius 1 is 0.886 bits per heavy atom. The minimum atomic E-state index is -4.39. The van der Waals surface area contributed by atoms with Crippen LogP contribution >= 0.6 is 0 Å². The molecule has 0 aliphatic carbocycles. The lowest BCUT2D eigenvalue weighted by atomic mass is 10.0. The molecule has 0 unspecified atom stereocenters. The first-order valence-corrected chi connectivity index (χ1v) is 11.3. The van der Waals surface area contributed by atoms with Gasteiger partial charge in [-0.15, -0.1) is 0 Å². The predicted molar refractivity (Wildman–Crippen MR) is 127 cm³/mol. The number of nitrogens with one attached hydrogen (secondary N) is 2. The van der Waals surface area contributed by atoms with Gasteiger partial charge in [-0.1, -0.05) is 0 Å². The summed E-state index contributed by atoms with van der Waals surface area (Å²) < 4.78 is 54.4. The number of piperidine rings is 1. The van der Waals surface area contributed by atoms with Crippen LogP contribution in [0.15, 0.2) is 73.2 Å². The highest BCUT2D eigenvalue weighted by Gasteiger charge is 2.30. The fraction of sp³-hybridized carbons (Fsp3) is 0.231. The third kappa shape index (κ3) is 5.05. The van der Waals surface area contributed by atoms with Crippen molar-refractivity contribution >= 4 is 11.5 Å². The molecule has 2 N–H and O–H groups in total. The Labute approximate surface area is 199 Å². The summed E-state index contributed by atoms with van der Waals surface area (Å²) in [6.45, 7) is 1.82. The number of aromatic nitrogens is 3. The lowest BCUT2D eigenvalue weighted by Crippen LogP contribution is -2.29. The molecule has 180 valence electrons. The molecule has 4 aromatic rings. The second kappa shape index (κ2) is 9.50. The van der Waals surface area contributed by atoms with Crippen LogP contribution in [0.25, 0.3) is 22.5 Å². The molecule has 0 radical (unpaired) electrons. The number of alkyl halides is 3. The SMILES string of the molecule is Fc1ccc(-c2ncn(C3CCNCC3)c2-c2ccnc(Nc3ccc(C(F)(F)F)cc3)c2)cc1. The average Bonchev–Trinajstić information content (AvgIpc) is 3.30. The van der Waals surface area contributed by atoms with Gasteiger partial charge in [0.1, 0.15) is 11.6 Å². The lowest BCUT2D eigenvalue weighted by molar-refractivity contribution is -0.137. The highest BCUT2D eigenvalue weighted by molar-refractivity contribution is 5.80. The topological polar surface area (TPSA) is 54.8 Å². The summed E-state index contributed by atoms with van der Waals surface area (Å²) >= 11 is 0. The van der Waals surface area contributed by atoms with Gasteiger partial charge in [0.05, 0.1) is 23.3 Å². The molecule has 2 aromatic heterocycles. The molecule has 9 heteroatoms. The maximum atomic E-state index is 13.6. The van der Waals surface area contributed by atoms with Crippen molar-refractivity contribution in [2.75, 3.05) is 18.4 Å². The summed E-state index contributed by atoms with van der Waals surface area (Å²) in [4.78, 5) is 9.04. The van der Waals surface area contributed by atoms with E-state index in [0.717, 1.165) is 60.6 Å². The smallest absolute Gasteiger partial charge is 0.340 e. The minimum absolute atomic E-state index is 0.257. The monoisotopic (exact) mass is 481 g/mol. The first-order valence-electron chi connectivity index (χ1n) is 11.3. The second-order valence-corrected chi connectivity index (χ2v) is 8.47. The van der Waals surface area contributed by atoms with E-state index in [1.54, 1.807) is 18.3 Å². The Bertz CT molecular complexity index is 1290. The Morgan fingerprint density at radius 2 is 1.60 bits per heavy atom. The second-order valence-electron chi connectivity index (χ2n) is 8.47. The molecule has 0 spiro atoms. The average molecular weight is 481 g/mol. The molecule has 1 fully saturated rings. The molecule has 0 atom stereocenters. The minimum Gasteiger partial charge on any atom is -0.340 e. The van der Waals surface area contributed by atoms with E-state index in [4.69, 9.17) is 0 Å². The third-order valence-electron chi connectivity index (χ3n) is 6.13. The first kappa shape index (κ1) is 23.0. The van der Waals surface area contributed by atoms with Gasteiger partial charge < -0.3 is 15.2 Å². The third-order valence-corrected chi connectivity index (χ3v) is 6.13. The molecule has 0 amide bonds. The van der Waals surface area contributed by atoms with E-state index in [9.17, 15) is 17.6 Å². The van der Waals surface area contributed by atoms with Gasteiger partial charge in [-0.05, 0) is 86.6 Å². The normalized spacial score (nSPS) is 14.7. The number of benzene rings is 2. The van der Waals surface area contributed by atoms with Gasteiger partial charge in [0, 0.05) is 29.1 Å². The molecule has 35 heavy (non-hydrogen) atoms. The van der Waals surface area contributed by atoms with Crippen LogP contribution in [0, 0.1) is 5.82 Å². The summed E-state index contributed by atoms with van der Waals surface area (Å²) in [7, 11) is 0. The fourth-order valence-electron chi connectivity index (χ4n) is 4.36. The van der Waals surface area contributed by atoms with E-state index < -0.39 is 11.7 Å². The number of rotatable bonds is 5. The highest BCUT2D eigenvalue weighted by atomic mass is 19.4. The molecule has 0 bridgehead atoms. The van der Waals surface area contributed by atoms with Crippen molar-refractivity contribution in [3.63, 3.8) is 0 Å². The largest absolute Gasteiger partial charge is 0.416 e. The van der Waals surface area contributed by atoms with E-state index in [2.05, 4.69) is 25.2 Å². The van der Waals surface area contributed by atoms with Gasteiger partial charge in [0.25, 0.3) is 0 Å². The number of imidazole rings is 1. The van der Waals surface area contributed by atoms with Crippen molar-refractivity contribution in [2.45, 2.75) is 25.1 Å². The Morgan fingerprint density at radius 3 is 2.29 bits per heavy atom. The summed E-state index contributed by atoms with van der Waals surface area (Å²) in [5.41, 5.74) is 3.05. The molecular formula is C26H23F4N5. The Kier molecular flexibility index (Phi) is 6.25. The van der Waals surface area contributed by atoms with Crippen molar-refractivity contribution in [3.05, 3.63) is 84.6 Å². The van der Waals surface area contributed by atoms with E-state index in [1.807, 2.05) is 18.5 Å². The Balaban J connectivity index is 1.51. The van der Waals surface area contributed by atoms with Gasteiger partial charge >= 0.3 is 6.18 Å². The highest BCUT2D eigenvalue weighted by Crippen LogP contribution is 2.36. The summed E-state index contributed by atoms with van der Waals surface area (Å²) in [5.74, 6) is 0.172. The van der Waals surface area contributed by atoms with Crippen LogP contribution in [0.2, 0.25) is 0 Å². The van der Waals surface area contributed by atoms with Crippen LogP contribution in [0.5, 0.6) is 0 Å². The van der Waals surface area contributed by atoms with Crippen LogP contribution in [0.1, 0.15) is 24.4 Å². The molecule has 5 rings (SSSR count). The summed E-state index contributed by atoms with van der Waals surface area (Å²) in [5, 5.41) is 6.46. The van der Waals surface area contributed by atoms with E-state index >= 15 is 0 Å². The lowest BCUT2D eigenvalue weighted by Gasteiger charge is -2.26. The summed E-state index contributed by atoms with van der Waals surface area (Å²) in [6.07, 6.45) is 0.992. The molecule has 0 saturated carbocycles.